The van der Waals surface area contributed by atoms with Gasteiger partial charge in [-0.3, -0.25) is 0 Å². The third kappa shape index (κ3) is 6.31. The lowest BCUT2D eigenvalue weighted by Crippen LogP contribution is -2.32. The van der Waals surface area contributed by atoms with Gasteiger partial charge in [-0.05, 0) is 51.2 Å². The molecule has 0 atom stereocenters. The molecule has 0 spiro atoms. The van der Waals surface area contributed by atoms with E-state index < -0.39 is 11.7 Å². The van der Waals surface area contributed by atoms with E-state index in [0.29, 0.717) is 5.75 Å². The van der Waals surface area contributed by atoms with Gasteiger partial charge in [0, 0.05) is 17.8 Å². The molecule has 0 aliphatic heterocycles. The van der Waals surface area contributed by atoms with Crippen LogP contribution in [0.25, 0.3) is 0 Å². The molecule has 0 saturated heterocycles. The highest BCUT2D eigenvalue weighted by Gasteiger charge is 2.16. The molecule has 6 nitrogen and oxygen atoms in total. The van der Waals surface area contributed by atoms with Gasteiger partial charge in [-0.2, -0.15) is 0 Å². The third-order valence-electron chi connectivity index (χ3n) is 2.37. The van der Waals surface area contributed by atoms with Crippen LogP contribution in [0.1, 0.15) is 26.3 Å². The number of ether oxygens (including phenoxy) is 2. The van der Waals surface area contributed by atoms with Gasteiger partial charge in [-0.1, -0.05) is 0 Å². The van der Waals surface area contributed by atoms with Gasteiger partial charge in [0.05, 0.1) is 7.11 Å². The van der Waals surface area contributed by atoms with Gasteiger partial charge in [0.2, 0.25) is 0 Å². The molecule has 1 aromatic rings. The van der Waals surface area contributed by atoms with Crippen molar-refractivity contribution in [2.75, 3.05) is 12.4 Å². The number of nitrogens with one attached hydrogen (secondary N) is 2. The predicted molar refractivity (Wildman–Crippen MR) is 86.5 cm³/mol. The van der Waals surface area contributed by atoms with Gasteiger partial charge < -0.3 is 25.8 Å². The van der Waals surface area contributed by atoms with Gasteiger partial charge in [0.25, 0.3) is 0 Å². The summed E-state index contributed by atoms with van der Waals surface area (Å²) in [5.41, 5.74) is 6.41. The molecule has 0 saturated carbocycles. The molecular weight excluding hydrogens is 290 g/mol. The molecule has 21 heavy (non-hydrogen) atoms. The summed E-state index contributed by atoms with van der Waals surface area (Å²) in [4.78, 5) is 11.7. The summed E-state index contributed by atoms with van der Waals surface area (Å²) < 4.78 is 10.4. The fourth-order valence-corrected chi connectivity index (χ4v) is 1.74. The highest BCUT2D eigenvalue weighted by atomic mass is 32.1. The van der Waals surface area contributed by atoms with E-state index in [4.69, 9.17) is 27.4 Å². The molecule has 1 amide bonds. The van der Waals surface area contributed by atoms with Crippen LogP contribution in [-0.4, -0.2) is 23.9 Å². The fourth-order valence-electron chi connectivity index (χ4n) is 1.62. The van der Waals surface area contributed by atoms with Gasteiger partial charge >= 0.3 is 6.09 Å². The first-order chi connectivity index (χ1) is 9.71. The smallest absolute Gasteiger partial charge is 0.407 e. The van der Waals surface area contributed by atoms with Crippen LogP contribution in [0.3, 0.4) is 0 Å². The summed E-state index contributed by atoms with van der Waals surface area (Å²) in [6.45, 7) is 5.69. The number of hydrogen-bond acceptors (Lipinski definition) is 4. The Morgan fingerprint density at radius 3 is 2.57 bits per heavy atom. The predicted octanol–water partition coefficient (Wildman–Crippen LogP) is 2.38. The lowest BCUT2D eigenvalue weighted by molar-refractivity contribution is 0.0523. The second-order valence-corrected chi connectivity index (χ2v) is 5.81. The maximum absolute atomic E-state index is 11.7. The van der Waals surface area contributed by atoms with E-state index in [1.165, 1.54) is 0 Å². The van der Waals surface area contributed by atoms with Crippen molar-refractivity contribution in [1.82, 2.24) is 5.32 Å². The van der Waals surface area contributed by atoms with E-state index in [2.05, 4.69) is 10.6 Å². The Bertz CT molecular complexity index is 527. The Morgan fingerprint density at radius 1 is 1.38 bits per heavy atom. The van der Waals surface area contributed by atoms with Crippen LogP contribution in [0, 0.1) is 0 Å². The van der Waals surface area contributed by atoms with Crippen LogP contribution in [0.5, 0.6) is 5.75 Å². The molecule has 0 aromatic heterocycles. The van der Waals surface area contributed by atoms with Crippen LogP contribution in [0.4, 0.5) is 10.5 Å². The van der Waals surface area contributed by atoms with E-state index >= 15 is 0 Å². The quantitative estimate of drug-likeness (QED) is 0.740. The largest absolute Gasteiger partial charge is 0.496 e. The Labute approximate surface area is 130 Å². The molecule has 0 heterocycles. The molecular formula is C14H21N3O3S. The molecule has 1 aromatic carbocycles. The van der Waals surface area contributed by atoms with Crippen molar-refractivity contribution in [3.05, 3.63) is 23.8 Å². The SMILES string of the molecule is COc1ccc(NC(N)=S)cc1CNC(=O)OC(C)(C)C. The minimum Gasteiger partial charge on any atom is -0.496 e. The number of hydrogen-bond donors (Lipinski definition) is 3. The second-order valence-electron chi connectivity index (χ2n) is 5.37. The van der Waals surface area contributed by atoms with E-state index in [0.717, 1.165) is 11.3 Å². The van der Waals surface area contributed by atoms with Crippen molar-refractivity contribution < 1.29 is 14.3 Å². The lowest BCUT2D eigenvalue weighted by Gasteiger charge is -2.20. The number of alkyl carbamates (subject to hydrolysis) is 1. The van der Waals surface area contributed by atoms with Gasteiger partial charge in [0.1, 0.15) is 11.4 Å². The van der Waals surface area contributed by atoms with Crippen LogP contribution in [-0.2, 0) is 11.3 Å². The lowest BCUT2D eigenvalue weighted by atomic mass is 10.1. The number of anilines is 1. The molecule has 0 aliphatic carbocycles. The molecule has 4 N–H and O–H groups in total. The average Bonchev–Trinajstić information content (AvgIpc) is 2.33. The molecule has 0 fully saturated rings. The molecule has 0 radical (unpaired) electrons. The normalized spacial score (nSPS) is 10.7. The molecule has 0 bridgehead atoms. The summed E-state index contributed by atoms with van der Waals surface area (Å²) >= 11 is 4.79. The number of benzene rings is 1. The number of nitrogens with two attached hydrogens (primary N) is 1. The molecule has 1 rings (SSSR count). The summed E-state index contributed by atoms with van der Waals surface area (Å²) in [5, 5.41) is 5.68. The fraction of sp³-hybridized carbons (Fsp3) is 0.429. The molecule has 0 aliphatic rings. The number of methoxy groups -OCH3 is 1. The Balaban J connectivity index is 2.76. The van der Waals surface area contributed by atoms with Gasteiger partial charge in [-0.15, -0.1) is 0 Å². The van der Waals surface area contributed by atoms with Crippen molar-refractivity contribution in [3.8, 4) is 5.75 Å². The first-order valence-electron chi connectivity index (χ1n) is 6.41. The number of amides is 1. The van der Waals surface area contributed by atoms with Gasteiger partial charge in [0.15, 0.2) is 5.11 Å². The zero-order chi connectivity index (χ0) is 16.0. The highest BCUT2D eigenvalue weighted by Crippen LogP contribution is 2.22. The zero-order valence-corrected chi connectivity index (χ0v) is 13.5. The summed E-state index contributed by atoms with van der Waals surface area (Å²) in [6, 6.07) is 5.36. The van der Waals surface area contributed by atoms with Crippen molar-refractivity contribution in [2.45, 2.75) is 32.9 Å². The topological polar surface area (TPSA) is 85.6 Å². The average molecular weight is 311 g/mol. The summed E-state index contributed by atoms with van der Waals surface area (Å²) in [6.07, 6.45) is -0.489. The summed E-state index contributed by atoms with van der Waals surface area (Å²) in [5.74, 6) is 0.652. The van der Waals surface area contributed by atoms with Crippen molar-refractivity contribution in [2.24, 2.45) is 5.73 Å². The Morgan fingerprint density at radius 2 is 2.05 bits per heavy atom. The Kier molecular flexibility index (Phi) is 5.78. The van der Waals surface area contributed by atoms with Gasteiger partial charge in [-0.25, -0.2) is 4.79 Å². The number of carbonyl (C=O) groups is 1. The third-order valence-corrected chi connectivity index (χ3v) is 2.47. The number of thiocarbonyl (C=S) groups is 1. The van der Waals surface area contributed by atoms with Crippen LogP contribution >= 0.6 is 12.2 Å². The van der Waals surface area contributed by atoms with Crippen LogP contribution in [0.15, 0.2) is 18.2 Å². The monoisotopic (exact) mass is 311 g/mol. The van der Waals surface area contributed by atoms with Crippen LogP contribution in [0.2, 0.25) is 0 Å². The summed E-state index contributed by atoms with van der Waals surface area (Å²) in [7, 11) is 1.56. The standard InChI is InChI=1S/C14H21N3O3S/c1-14(2,3)20-13(18)16-8-9-7-10(17-12(15)21)5-6-11(9)19-4/h5-7H,8H2,1-4H3,(H,16,18)(H3,15,17,21). The minimum atomic E-state index is -0.538. The van der Waals surface area contributed by atoms with Crippen LogP contribution < -0.4 is 21.1 Å². The molecule has 7 heteroatoms. The maximum Gasteiger partial charge on any atom is 0.407 e. The molecule has 116 valence electrons. The Hall–Kier alpha value is -2.02. The van der Waals surface area contributed by atoms with Crippen molar-refractivity contribution in [1.29, 1.82) is 0 Å². The number of carbonyl (C=O) groups excluding carboxylic acids is 1. The first kappa shape index (κ1) is 17.0. The molecule has 0 unspecified atom stereocenters. The zero-order valence-electron chi connectivity index (χ0n) is 12.6. The first-order valence-corrected chi connectivity index (χ1v) is 6.82. The second kappa shape index (κ2) is 7.12. The highest BCUT2D eigenvalue weighted by molar-refractivity contribution is 7.80. The van der Waals surface area contributed by atoms with E-state index in [-0.39, 0.29) is 11.7 Å². The van der Waals surface area contributed by atoms with Crippen molar-refractivity contribution >= 4 is 29.1 Å². The van der Waals surface area contributed by atoms with E-state index in [9.17, 15) is 4.79 Å². The van der Waals surface area contributed by atoms with E-state index in [1.807, 2.05) is 0 Å². The van der Waals surface area contributed by atoms with E-state index in [1.54, 1.807) is 46.1 Å². The number of rotatable bonds is 4. The minimum absolute atomic E-state index is 0.172. The van der Waals surface area contributed by atoms with Crippen molar-refractivity contribution in [3.63, 3.8) is 0 Å². The maximum atomic E-state index is 11.7.